The summed E-state index contributed by atoms with van der Waals surface area (Å²) in [5.41, 5.74) is 2.20. The molecule has 1 aliphatic rings. The molecule has 2 aromatic carbocycles. The highest BCUT2D eigenvalue weighted by Crippen LogP contribution is 2.33. The molecule has 144 valence electrons. The van der Waals surface area contributed by atoms with Gasteiger partial charge in [0.15, 0.2) is 18.1 Å². The highest BCUT2D eigenvalue weighted by Gasteiger charge is 2.14. The van der Waals surface area contributed by atoms with Crippen LogP contribution >= 0.6 is 0 Å². The summed E-state index contributed by atoms with van der Waals surface area (Å²) in [7, 11) is 0. The molecule has 1 aliphatic heterocycles. The number of hydrogen-bond acceptors (Lipinski definition) is 6. The molecule has 7 nitrogen and oxygen atoms in total. The Morgan fingerprint density at radius 1 is 1.07 bits per heavy atom. The summed E-state index contributed by atoms with van der Waals surface area (Å²) >= 11 is 0. The first-order chi connectivity index (χ1) is 13.5. The molecule has 0 spiro atoms. The zero-order chi connectivity index (χ0) is 19.7. The van der Waals surface area contributed by atoms with Crippen molar-refractivity contribution in [1.29, 1.82) is 0 Å². The molecule has 0 unspecified atom stereocenters. The van der Waals surface area contributed by atoms with E-state index in [1.165, 1.54) is 6.07 Å². The minimum atomic E-state index is -0.419. The fraction of sp³-hybridized carbons (Fsp3) is 0.238. The number of benzene rings is 2. The van der Waals surface area contributed by atoms with E-state index >= 15 is 0 Å². The normalized spacial score (nSPS) is 12.6. The third kappa shape index (κ3) is 3.64. The Labute approximate surface area is 160 Å². The molecule has 7 heteroatoms. The Bertz CT molecular complexity index is 1120. The highest BCUT2D eigenvalue weighted by molar-refractivity contribution is 5.93. The molecule has 0 fully saturated rings. The summed E-state index contributed by atoms with van der Waals surface area (Å²) in [4.78, 5) is 23.9. The predicted octanol–water partition coefficient (Wildman–Crippen LogP) is 3.20. The van der Waals surface area contributed by atoms with Crippen LogP contribution in [0.25, 0.3) is 11.0 Å². The summed E-state index contributed by atoms with van der Waals surface area (Å²) in [6.07, 6.45) is 0. The Kier molecular flexibility index (Phi) is 4.65. The quantitative estimate of drug-likeness (QED) is 0.699. The first kappa shape index (κ1) is 17.9. The van der Waals surface area contributed by atoms with Gasteiger partial charge in [-0.25, -0.2) is 4.79 Å². The molecule has 0 atom stereocenters. The first-order valence-electron chi connectivity index (χ1n) is 8.87. The fourth-order valence-corrected chi connectivity index (χ4v) is 3.15. The molecule has 1 aromatic heterocycles. The molecular formula is C21H19NO6. The van der Waals surface area contributed by atoms with Crippen LogP contribution in [0, 0.1) is 13.8 Å². The second-order valence-corrected chi connectivity index (χ2v) is 6.58. The van der Waals surface area contributed by atoms with E-state index in [0.29, 0.717) is 47.1 Å². The molecule has 0 saturated carbocycles. The van der Waals surface area contributed by atoms with Gasteiger partial charge in [0, 0.05) is 17.8 Å². The van der Waals surface area contributed by atoms with Gasteiger partial charge in [0.1, 0.15) is 24.5 Å². The lowest BCUT2D eigenvalue weighted by atomic mass is 10.1. The van der Waals surface area contributed by atoms with Gasteiger partial charge in [0.2, 0.25) is 0 Å². The number of rotatable bonds is 4. The van der Waals surface area contributed by atoms with Gasteiger partial charge in [0.25, 0.3) is 5.91 Å². The third-order valence-corrected chi connectivity index (χ3v) is 4.33. The standard InChI is InChI=1S/C21H19NO6/c1-12-7-17(21-13(2)9-20(24)28-18(21)8-12)27-11-19(23)22-14-3-4-15-16(10-14)26-6-5-25-15/h3-4,7-10H,5-6,11H2,1-2H3,(H,22,23). The van der Waals surface area contributed by atoms with E-state index in [1.807, 2.05) is 13.0 Å². The van der Waals surface area contributed by atoms with Gasteiger partial charge in [0.05, 0.1) is 5.39 Å². The van der Waals surface area contributed by atoms with Crippen molar-refractivity contribution in [3.63, 3.8) is 0 Å². The number of carbonyl (C=O) groups excluding carboxylic acids is 1. The average molecular weight is 381 g/mol. The van der Waals surface area contributed by atoms with Gasteiger partial charge in [-0.15, -0.1) is 0 Å². The summed E-state index contributed by atoms with van der Waals surface area (Å²) in [5, 5.41) is 3.45. The van der Waals surface area contributed by atoms with E-state index in [-0.39, 0.29) is 12.5 Å². The number of fused-ring (bicyclic) bond motifs is 2. The van der Waals surface area contributed by atoms with Crippen molar-refractivity contribution in [2.24, 2.45) is 0 Å². The van der Waals surface area contributed by atoms with Crippen LogP contribution in [0.15, 0.2) is 45.6 Å². The molecule has 0 aliphatic carbocycles. The van der Waals surface area contributed by atoms with Crippen molar-refractivity contribution < 1.29 is 23.4 Å². The number of nitrogens with one attached hydrogen (secondary N) is 1. The zero-order valence-corrected chi connectivity index (χ0v) is 15.5. The summed E-state index contributed by atoms with van der Waals surface area (Å²) in [5.74, 6) is 1.43. The summed E-state index contributed by atoms with van der Waals surface area (Å²) in [6.45, 7) is 4.46. The SMILES string of the molecule is Cc1cc(OCC(=O)Nc2ccc3c(c2)OCCO3)c2c(C)cc(=O)oc2c1. The Morgan fingerprint density at radius 2 is 1.86 bits per heavy atom. The van der Waals surface area contributed by atoms with Gasteiger partial charge in [-0.1, -0.05) is 0 Å². The van der Waals surface area contributed by atoms with E-state index in [0.717, 1.165) is 11.1 Å². The van der Waals surface area contributed by atoms with E-state index in [9.17, 15) is 9.59 Å². The maximum absolute atomic E-state index is 12.3. The van der Waals surface area contributed by atoms with Crippen molar-refractivity contribution in [3.05, 3.63) is 57.9 Å². The van der Waals surface area contributed by atoms with Gasteiger partial charge >= 0.3 is 5.63 Å². The molecule has 4 rings (SSSR count). The molecule has 28 heavy (non-hydrogen) atoms. The maximum atomic E-state index is 12.3. The molecule has 0 bridgehead atoms. The largest absolute Gasteiger partial charge is 0.486 e. The van der Waals surface area contributed by atoms with Crippen molar-refractivity contribution in [2.75, 3.05) is 25.1 Å². The maximum Gasteiger partial charge on any atom is 0.336 e. The van der Waals surface area contributed by atoms with Crippen LogP contribution in [0.4, 0.5) is 5.69 Å². The Balaban J connectivity index is 1.50. The molecule has 3 aromatic rings. The lowest BCUT2D eigenvalue weighted by Gasteiger charge is -2.19. The van der Waals surface area contributed by atoms with Crippen LogP contribution in [0.5, 0.6) is 17.2 Å². The second kappa shape index (κ2) is 7.26. The van der Waals surface area contributed by atoms with Crippen LogP contribution in [0.2, 0.25) is 0 Å². The van der Waals surface area contributed by atoms with E-state index in [4.69, 9.17) is 18.6 Å². The summed E-state index contributed by atoms with van der Waals surface area (Å²) < 4.78 is 22.0. The van der Waals surface area contributed by atoms with Crippen LogP contribution in [0.1, 0.15) is 11.1 Å². The number of carbonyl (C=O) groups is 1. The highest BCUT2D eigenvalue weighted by atomic mass is 16.6. The zero-order valence-electron chi connectivity index (χ0n) is 15.5. The minimum Gasteiger partial charge on any atom is -0.486 e. The van der Waals surface area contributed by atoms with Crippen molar-refractivity contribution in [3.8, 4) is 17.2 Å². The van der Waals surface area contributed by atoms with Crippen LogP contribution in [-0.4, -0.2) is 25.7 Å². The van der Waals surface area contributed by atoms with Gasteiger partial charge in [-0.05, 0) is 49.2 Å². The molecule has 2 heterocycles. The lowest BCUT2D eigenvalue weighted by Crippen LogP contribution is -2.21. The molecular weight excluding hydrogens is 362 g/mol. The fourth-order valence-electron chi connectivity index (χ4n) is 3.15. The smallest absolute Gasteiger partial charge is 0.336 e. The average Bonchev–Trinajstić information content (AvgIpc) is 2.65. The van der Waals surface area contributed by atoms with E-state index in [2.05, 4.69) is 5.32 Å². The molecule has 1 amide bonds. The van der Waals surface area contributed by atoms with Crippen LogP contribution in [0.3, 0.4) is 0 Å². The molecule has 0 radical (unpaired) electrons. The van der Waals surface area contributed by atoms with Gasteiger partial charge < -0.3 is 23.9 Å². The lowest BCUT2D eigenvalue weighted by molar-refractivity contribution is -0.118. The number of aryl methyl sites for hydroxylation is 2. The number of hydrogen-bond donors (Lipinski definition) is 1. The van der Waals surface area contributed by atoms with E-state index in [1.54, 1.807) is 31.2 Å². The number of ether oxygens (including phenoxy) is 3. The Morgan fingerprint density at radius 3 is 2.68 bits per heavy atom. The van der Waals surface area contributed by atoms with Gasteiger partial charge in [-0.2, -0.15) is 0 Å². The van der Waals surface area contributed by atoms with Crippen molar-refractivity contribution in [2.45, 2.75) is 13.8 Å². The van der Waals surface area contributed by atoms with Crippen molar-refractivity contribution in [1.82, 2.24) is 0 Å². The second-order valence-electron chi connectivity index (χ2n) is 6.58. The van der Waals surface area contributed by atoms with E-state index < -0.39 is 5.63 Å². The Hall–Kier alpha value is -3.48. The predicted molar refractivity (Wildman–Crippen MR) is 104 cm³/mol. The van der Waals surface area contributed by atoms with Gasteiger partial charge in [-0.3, -0.25) is 4.79 Å². The summed E-state index contributed by atoms with van der Waals surface area (Å²) in [6, 6.07) is 10.2. The monoisotopic (exact) mass is 381 g/mol. The topological polar surface area (TPSA) is 87.0 Å². The van der Waals surface area contributed by atoms with Crippen molar-refractivity contribution >= 4 is 22.6 Å². The minimum absolute atomic E-state index is 0.189. The third-order valence-electron chi connectivity index (χ3n) is 4.33. The molecule has 1 N–H and O–H groups in total. The number of anilines is 1. The number of amides is 1. The van der Waals surface area contributed by atoms with Crippen LogP contribution in [-0.2, 0) is 4.79 Å². The molecule has 0 saturated heterocycles. The first-order valence-corrected chi connectivity index (χ1v) is 8.87. The van der Waals surface area contributed by atoms with Crippen LogP contribution < -0.4 is 25.2 Å².